The van der Waals surface area contributed by atoms with Gasteiger partial charge < -0.3 is 10.2 Å². The van der Waals surface area contributed by atoms with E-state index in [1.807, 2.05) is 27.7 Å². The molecule has 0 aliphatic rings. The van der Waals surface area contributed by atoms with Crippen molar-refractivity contribution in [1.82, 2.24) is 10.2 Å². The van der Waals surface area contributed by atoms with Gasteiger partial charge in [-0.05, 0) is 6.42 Å². The van der Waals surface area contributed by atoms with Gasteiger partial charge in [-0.25, -0.2) is 0 Å². The maximum absolute atomic E-state index is 12.0. The zero-order chi connectivity index (χ0) is 12.1. The molecule has 15 heavy (non-hydrogen) atoms. The summed E-state index contributed by atoms with van der Waals surface area (Å²) in [6.07, 6.45) is 0.860. The van der Waals surface area contributed by atoms with Crippen LogP contribution in [0.3, 0.4) is 0 Å². The summed E-state index contributed by atoms with van der Waals surface area (Å²) >= 11 is 0. The number of nitrogens with one attached hydrogen (secondary N) is 1. The van der Waals surface area contributed by atoms with Crippen LogP contribution < -0.4 is 5.32 Å². The van der Waals surface area contributed by atoms with Crippen LogP contribution in [0.15, 0.2) is 0 Å². The molecule has 0 spiro atoms. The highest BCUT2D eigenvalue weighted by Crippen LogP contribution is 2.17. The molecule has 0 fully saturated rings. The molecular formula is C11H22N2O2. The highest BCUT2D eigenvalue weighted by molar-refractivity contribution is 5.87. The van der Waals surface area contributed by atoms with Crippen molar-refractivity contribution >= 4 is 11.8 Å². The number of likely N-dealkylation sites (N-methyl/N-ethyl adjacent to an activating group) is 1. The van der Waals surface area contributed by atoms with E-state index >= 15 is 0 Å². The quantitative estimate of drug-likeness (QED) is 0.759. The molecule has 0 aromatic heterocycles. The molecule has 0 aromatic carbocycles. The number of amides is 2. The van der Waals surface area contributed by atoms with Crippen molar-refractivity contribution in [3.63, 3.8) is 0 Å². The zero-order valence-electron chi connectivity index (χ0n) is 10.4. The van der Waals surface area contributed by atoms with Crippen molar-refractivity contribution in [3.05, 3.63) is 0 Å². The van der Waals surface area contributed by atoms with Gasteiger partial charge in [0.2, 0.25) is 11.8 Å². The second kappa shape index (κ2) is 5.73. The van der Waals surface area contributed by atoms with Crippen LogP contribution in [0.5, 0.6) is 0 Å². The third kappa shape index (κ3) is 4.81. The monoisotopic (exact) mass is 214 g/mol. The number of nitrogens with zero attached hydrogens (tertiary/aromatic N) is 1. The van der Waals surface area contributed by atoms with Crippen molar-refractivity contribution in [2.24, 2.45) is 5.41 Å². The average molecular weight is 214 g/mol. The van der Waals surface area contributed by atoms with Gasteiger partial charge in [0.1, 0.15) is 0 Å². The van der Waals surface area contributed by atoms with Crippen LogP contribution in [0, 0.1) is 5.41 Å². The first-order chi connectivity index (χ1) is 6.82. The Morgan fingerprint density at radius 3 is 2.13 bits per heavy atom. The number of rotatable bonds is 4. The van der Waals surface area contributed by atoms with Gasteiger partial charge in [-0.15, -0.1) is 0 Å². The van der Waals surface area contributed by atoms with Gasteiger partial charge in [0.25, 0.3) is 0 Å². The number of carbonyl (C=O) groups excluding carboxylic acids is 2. The molecule has 0 bridgehead atoms. The highest BCUT2D eigenvalue weighted by Gasteiger charge is 2.27. The van der Waals surface area contributed by atoms with E-state index < -0.39 is 5.41 Å². The molecule has 1 N–H and O–H groups in total. The lowest BCUT2D eigenvalue weighted by molar-refractivity contribution is -0.142. The van der Waals surface area contributed by atoms with Gasteiger partial charge in [0, 0.05) is 19.0 Å². The Morgan fingerprint density at radius 2 is 1.80 bits per heavy atom. The molecule has 0 aromatic rings. The van der Waals surface area contributed by atoms with Crippen LogP contribution in [0.4, 0.5) is 0 Å². The summed E-state index contributed by atoms with van der Waals surface area (Å²) in [5.74, 6) is -0.103. The Balaban J connectivity index is 4.52. The Morgan fingerprint density at radius 1 is 1.27 bits per heavy atom. The van der Waals surface area contributed by atoms with Crippen LogP contribution in [0.2, 0.25) is 0 Å². The molecule has 0 atom stereocenters. The number of carbonyl (C=O) groups is 2. The minimum atomic E-state index is -0.427. The molecule has 0 aliphatic carbocycles. The Labute approximate surface area is 92.0 Å². The standard InChI is InChI=1S/C11H22N2O2/c1-6-7-13(8-9(14)12-5)10(15)11(2,3)4/h6-8H2,1-5H3,(H,12,14). The molecule has 0 aliphatic heterocycles. The zero-order valence-corrected chi connectivity index (χ0v) is 10.4. The molecule has 0 rings (SSSR count). The van der Waals surface area contributed by atoms with Crippen LogP contribution >= 0.6 is 0 Å². The number of hydrogen-bond donors (Lipinski definition) is 1. The molecule has 0 unspecified atom stereocenters. The van der Waals surface area contributed by atoms with Crippen LogP contribution in [0.1, 0.15) is 34.1 Å². The van der Waals surface area contributed by atoms with E-state index in [1.54, 1.807) is 11.9 Å². The molecule has 0 radical (unpaired) electrons. The fourth-order valence-corrected chi connectivity index (χ4v) is 1.25. The van der Waals surface area contributed by atoms with Gasteiger partial charge in [-0.1, -0.05) is 27.7 Å². The van der Waals surface area contributed by atoms with Crippen molar-refractivity contribution in [1.29, 1.82) is 0 Å². The first kappa shape index (κ1) is 13.9. The Bertz CT molecular complexity index is 231. The first-order valence-electron chi connectivity index (χ1n) is 5.32. The van der Waals surface area contributed by atoms with Gasteiger partial charge in [-0.2, -0.15) is 0 Å². The third-order valence-electron chi connectivity index (χ3n) is 2.04. The smallest absolute Gasteiger partial charge is 0.239 e. The molecule has 0 saturated heterocycles. The molecule has 2 amide bonds. The molecule has 4 heteroatoms. The van der Waals surface area contributed by atoms with Crippen LogP contribution in [-0.4, -0.2) is 36.9 Å². The fourth-order valence-electron chi connectivity index (χ4n) is 1.25. The summed E-state index contributed by atoms with van der Waals surface area (Å²) in [6, 6.07) is 0. The van der Waals surface area contributed by atoms with Crippen molar-refractivity contribution < 1.29 is 9.59 Å². The Hall–Kier alpha value is -1.06. The summed E-state index contributed by atoms with van der Waals surface area (Å²) in [7, 11) is 1.58. The molecule has 88 valence electrons. The van der Waals surface area contributed by atoms with E-state index in [9.17, 15) is 9.59 Å². The summed E-state index contributed by atoms with van der Waals surface area (Å²) in [4.78, 5) is 24.8. The largest absolute Gasteiger partial charge is 0.358 e. The summed E-state index contributed by atoms with van der Waals surface area (Å²) < 4.78 is 0. The van der Waals surface area contributed by atoms with Crippen LogP contribution in [-0.2, 0) is 9.59 Å². The predicted octanol–water partition coefficient (Wildman–Crippen LogP) is 1.02. The van der Waals surface area contributed by atoms with Gasteiger partial charge >= 0.3 is 0 Å². The minimum absolute atomic E-state index is 0.0213. The van der Waals surface area contributed by atoms with E-state index in [4.69, 9.17) is 0 Å². The molecule has 0 saturated carbocycles. The van der Waals surface area contributed by atoms with Gasteiger partial charge in [0.05, 0.1) is 6.54 Å². The second-order valence-corrected chi connectivity index (χ2v) is 4.65. The minimum Gasteiger partial charge on any atom is -0.358 e. The average Bonchev–Trinajstić information content (AvgIpc) is 2.14. The fraction of sp³-hybridized carbons (Fsp3) is 0.818. The molecule has 0 heterocycles. The predicted molar refractivity (Wildman–Crippen MR) is 60.4 cm³/mol. The van der Waals surface area contributed by atoms with Crippen molar-refractivity contribution in [2.75, 3.05) is 20.1 Å². The second-order valence-electron chi connectivity index (χ2n) is 4.65. The topological polar surface area (TPSA) is 49.4 Å². The van der Waals surface area contributed by atoms with E-state index in [1.165, 1.54) is 0 Å². The summed E-state index contributed by atoms with van der Waals surface area (Å²) in [5.41, 5.74) is -0.427. The summed E-state index contributed by atoms with van der Waals surface area (Å²) in [6.45, 7) is 8.36. The third-order valence-corrected chi connectivity index (χ3v) is 2.04. The van der Waals surface area contributed by atoms with Crippen molar-refractivity contribution in [3.8, 4) is 0 Å². The Kier molecular flexibility index (Phi) is 5.33. The molecule has 4 nitrogen and oxygen atoms in total. The highest BCUT2D eigenvalue weighted by atomic mass is 16.2. The lowest BCUT2D eigenvalue weighted by Crippen LogP contribution is -2.45. The van der Waals surface area contributed by atoms with Gasteiger partial charge in [0.15, 0.2) is 0 Å². The van der Waals surface area contributed by atoms with E-state index in [-0.39, 0.29) is 18.4 Å². The van der Waals surface area contributed by atoms with Crippen LogP contribution in [0.25, 0.3) is 0 Å². The normalized spacial score (nSPS) is 11.0. The van der Waals surface area contributed by atoms with E-state index in [0.29, 0.717) is 6.54 Å². The number of hydrogen-bond acceptors (Lipinski definition) is 2. The van der Waals surface area contributed by atoms with E-state index in [2.05, 4.69) is 5.32 Å². The van der Waals surface area contributed by atoms with Gasteiger partial charge in [-0.3, -0.25) is 9.59 Å². The first-order valence-corrected chi connectivity index (χ1v) is 5.32. The van der Waals surface area contributed by atoms with Crippen molar-refractivity contribution in [2.45, 2.75) is 34.1 Å². The van der Waals surface area contributed by atoms with E-state index in [0.717, 1.165) is 6.42 Å². The lowest BCUT2D eigenvalue weighted by atomic mass is 9.94. The maximum atomic E-state index is 12.0. The maximum Gasteiger partial charge on any atom is 0.239 e. The lowest BCUT2D eigenvalue weighted by Gasteiger charge is -2.28. The molecular weight excluding hydrogens is 192 g/mol. The SMILES string of the molecule is CCCN(CC(=O)NC)C(=O)C(C)(C)C. The summed E-state index contributed by atoms with van der Waals surface area (Å²) in [5, 5.41) is 2.53.